The molecule has 10 aromatic rings. The van der Waals surface area contributed by atoms with E-state index in [0.29, 0.717) is 0 Å². The summed E-state index contributed by atoms with van der Waals surface area (Å²) in [6.07, 6.45) is 7.47. The summed E-state index contributed by atoms with van der Waals surface area (Å²) in [4.78, 5) is 19.7. The molecule has 0 aliphatic heterocycles. The topological polar surface area (TPSA) is 51.6 Å². The van der Waals surface area contributed by atoms with Crippen molar-refractivity contribution in [2.75, 3.05) is 0 Å². The number of pyridine rings is 4. The maximum atomic E-state index is 5.55. The van der Waals surface area contributed by atoms with Gasteiger partial charge in [0.15, 0.2) is 0 Å². The highest BCUT2D eigenvalue weighted by atomic mass is 14.7. The Labute approximate surface area is 313 Å². The lowest BCUT2D eigenvalue weighted by Gasteiger charge is -2.21. The van der Waals surface area contributed by atoms with Gasteiger partial charge in [-0.05, 0) is 100 Å². The Morgan fingerprint density at radius 3 is 1.33 bits per heavy atom. The van der Waals surface area contributed by atoms with Gasteiger partial charge in [-0.3, -0.25) is 9.97 Å². The Kier molecular flexibility index (Phi) is 7.55. The summed E-state index contributed by atoms with van der Waals surface area (Å²) in [5.41, 5.74) is 15.1. The molecule has 0 saturated heterocycles. The quantitative estimate of drug-likeness (QED) is 0.133. The highest BCUT2D eigenvalue weighted by molar-refractivity contribution is 6.25. The van der Waals surface area contributed by atoms with Crippen molar-refractivity contribution in [1.82, 2.24) is 19.9 Å². The zero-order valence-electron chi connectivity index (χ0n) is 30.0. The average molecular weight is 691 g/mol. The highest BCUT2D eigenvalue weighted by Gasteiger charge is 2.23. The molecular weight excluding hydrogens is 657 g/mol. The minimum Gasteiger partial charge on any atom is -0.264 e. The summed E-state index contributed by atoms with van der Waals surface area (Å²) < 4.78 is 0. The van der Waals surface area contributed by atoms with E-state index in [0.717, 1.165) is 77.7 Å². The molecule has 4 nitrogen and oxygen atoms in total. The molecule has 0 aliphatic rings. The van der Waals surface area contributed by atoms with Crippen LogP contribution in [-0.4, -0.2) is 19.9 Å². The van der Waals surface area contributed by atoms with Crippen molar-refractivity contribution in [3.63, 3.8) is 0 Å². The molecule has 0 fully saturated rings. The maximum absolute atomic E-state index is 5.55. The number of hydrogen-bond acceptors (Lipinski definition) is 4. The molecular formula is C50H34N4. The van der Waals surface area contributed by atoms with Crippen LogP contribution in [0.25, 0.3) is 99.2 Å². The molecule has 54 heavy (non-hydrogen) atoms. The third-order valence-corrected chi connectivity index (χ3v) is 10.7. The van der Waals surface area contributed by atoms with E-state index in [1.165, 1.54) is 32.7 Å². The maximum Gasteiger partial charge on any atom is 0.0791 e. The van der Waals surface area contributed by atoms with E-state index in [2.05, 4.69) is 157 Å². The Morgan fingerprint density at radius 2 is 0.796 bits per heavy atom. The molecule has 6 aromatic carbocycles. The van der Waals surface area contributed by atoms with Crippen molar-refractivity contribution in [3.8, 4) is 55.9 Å². The smallest absolute Gasteiger partial charge is 0.0791 e. The molecule has 0 aliphatic carbocycles. The van der Waals surface area contributed by atoms with Crippen LogP contribution in [0.15, 0.2) is 170 Å². The van der Waals surface area contributed by atoms with E-state index < -0.39 is 0 Å². The van der Waals surface area contributed by atoms with Gasteiger partial charge in [-0.1, -0.05) is 103 Å². The Balaban J connectivity index is 1.30. The SMILES string of the molecule is Cc1c2c(-c3ccccc3)nc3cc(-c4cc(-c5cccnc5)cc(-c5cccnc5)c4)ccc3c2c(C)c2c(-c3ccccc3)nc3ccccc3c12. The molecule has 0 amide bonds. The van der Waals surface area contributed by atoms with E-state index in [-0.39, 0.29) is 0 Å². The molecule has 0 saturated carbocycles. The minimum atomic E-state index is 0.949. The highest BCUT2D eigenvalue weighted by Crippen LogP contribution is 2.46. The molecule has 0 radical (unpaired) electrons. The number of para-hydroxylation sites is 1. The minimum absolute atomic E-state index is 0.949. The summed E-state index contributed by atoms with van der Waals surface area (Å²) in [5, 5.41) is 7.09. The number of rotatable bonds is 5. The monoisotopic (exact) mass is 690 g/mol. The van der Waals surface area contributed by atoms with Crippen molar-refractivity contribution in [3.05, 3.63) is 182 Å². The predicted molar refractivity (Wildman–Crippen MR) is 224 cm³/mol. The van der Waals surface area contributed by atoms with Crippen molar-refractivity contribution in [1.29, 1.82) is 0 Å². The lowest BCUT2D eigenvalue weighted by molar-refractivity contribution is 1.32. The van der Waals surface area contributed by atoms with Crippen LogP contribution in [0.5, 0.6) is 0 Å². The van der Waals surface area contributed by atoms with Gasteiger partial charge >= 0.3 is 0 Å². The second-order valence-electron chi connectivity index (χ2n) is 13.9. The van der Waals surface area contributed by atoms with E-state index >= 15 is 0 Å². The number of benzene rings is 6. The van der Waals surface area contributed by atoms with Gasteiger partial charge in [0.25, 0.3) is 0 Å². The third kappa shape index (κ3) is 5.22. The molecule has 4 aromatic heterocycles. The molecule has 0 N–H and O–H groups in total. The number of fused-ring (bicyclic) bond motifs is 6. The second kappa shape index (κ2) is 12.9. The van der Waals surface area contributed by atoms with E-state index in [1.54, 1.807) is 0 Å². The zero-order valence-corrected chi connectivity index (χ0v) is 30.0. The summed E-state index contributed by atoms with van der Waals surface area (Å²) in [7, 11) is 0. The fourth-order valence-corrected chi connectivity index (χ4v) is 8.22. The van der Waals surface area contributed by atoms with Gasteiger partial charge < -0.3 is 0 Å². The van der Waals surface area contributed by atoms with Crippen molar-refractivity contribution in [2.45, 2.75) is 13.8 Å². The fraction of sp³-hybridized carbons (Fsp3) is 0.0400. The third-order valence-electron chi connectivity index (χ3n) is 10.7. The summed E-state index contributed by atoms with van der Waals surface area (Å²) in [6.45, 7) is 4.54. The standard InChI is InChI=1S/C50H34N4/c1-31-45-41-19-9-10-20-43(41)53-49(33-13-5-3-6-14-33)47(45)32(2)46-42-22-21-35(28-44(42)54-50(48(31)46)34-15-7-4-8-16-34)38-25-39(36-17-11-23-51-29-36)27-40(26-38)37-18-12-24-52-30-37/h3-30H,1-2H3. The van der Waals surface area contributed by atoms with Gasteiger partial charge in [-0.25, -0.2) is 9.97 Å². The van der Waals surface area contributed by atoms with Crippen LogP contribution in [0.1, 0.15) is 11.1 Å². The van der Waals surface area contributed by atoms with Crippen molar-refractivity contribution >= 4 is 43.4 Å². The number of nitrogens with zero attached hydrogens (tertiary/aromatic N) is 4. The zero-order chi connectivity index (χ0) is 36.2. The van der Waals surface area contributed by atoms with Crippen LogP contribution in [0.2, 0.25) is 0 Å². The molecule has 254 valence electrons. The van der Waals surface area contributed by atoms with Crippen LogP contribution < -0.4 is 0 Å². The summed E-state index contributed by atoms with van der Waals surface area (Å²) >= 11 is 0. The molecule has 10 rings (SSSR count). The van der Waals surface area contributed by atoms with E-state index in [9.17, 15) is 0 Å². The Bertz CT molecular complexity index is 2980. The van der Waals surface area contributed by atoms with Crippen LogP contribution in [0.3, 0.4) is 0 Å². The average Bonchev–Trinajstić information content (AvgIpc) is 3.25. The van der Waals surface area contributed by atoms with Gasteiger partial charge in [-0.2, -0.15) is 0 Å². The van der Waals surface area contributed by atoms with Gasteiger partial charge in [0, 0.05) is 68.6 Å². The Morgan fingerprint density at radius 1 is 0.333 bits per heavy atom. The molecule has 0 bridgehead atoms. The number of aryl methyl sites for hydroxylation is 2. The first-order chi connectivity index (χ1) is 26.6. The first-order valence-electron chi connectivity index (χ1n) is 18.3. The van der Waals surface area contributed by atoms with Crippen LogP contribution in [0, 0.1) is 13.8 Å². The lowest BCUT2D eigenvalue weighted by Crippen LogP contribution is -1.99. The van der Waals surface area contributed by atoms with Gasteiger partial charge in [-0.15, -0.1) is 0 Å². The molecule has 4 heteroatoms. The largest absolute Gasteiger partial charge is 0.264 e. The number of aromatic nitrogens is 4. The second-order valence-corrected chi connectivity index (χ2v) is 13.9. The molecule has 0 spiro atoms. The van der Waals surface area contributed by atoms with Crippen molar-refractivity contribution < 1.29 is 0 Å². The predicted octanol–water partition coefficient (Wildman–Crippen LogP) is 12.8. The van der Waals surface area contributed by atoms with Gasteiger partial charge in [0.2, 0.25) is 0 Å². The summed E-state index contributed by atoms with van der Waals surface area (Å²) in [5.74, 6) is 0. The van der Waals surface area contributed by atoms with E-state index in [4.69, 9.17) is 9.97 Å². The Hall–Kier alpha value is -7.04. The molecule has 0 unspecified atom stereocenters. The molecule has 0 atom stereocenters. The fourth-order valence-electron chi connectivity index (χ4n) is 8.22. The van der Waals surface area contributed by atoms with Gasteiger partial charge in [0.05, 0.1) is 22.4 Å². The van der Waals surface area contributed by atoms with Crippen LogP contribution >= 0.6 is 0 Å². The van der Waals surface area contributed by atoms with E-state index in [1.807, 2.05) is 36.9 Å². The van der Waals surface area contributed by atoms with Gasteiger partial charge in [0.1, 0.15) is 0 Å². The van der Waals surface area contributed by atoms with Crippen LogP contribution in [0.4, 0.5) is 0 Å². The van der Waals surface area contributed by atoms with Crippen molar-refractivity contribution in [2.24, 2.45) is 0 Å². The summed E-state index contributed by atoms with van der Waals surface area (Å²) in [6, 6.07) is 51.4. The normalized spacial score (nSPS) is 11.5. The van der Waals surface area contributed by atoms with Crippen LogP contribution in [-0.2, 0) is 0 Å². The molecule has 4 heterocycles. The first-order valence-corrected chi connectivity index (χ1v) is 18.3. The first kappa shape index (κ1) is 31.7. The number of hydrogen-bond donors (Lipinski definition) is 0. The lowest BCUT2D eigenvalue weighted by atomic mass is 9.85.